The Labute approximate surface area is 120 Å². The van der Waals surface area contributed by atoms with Gasteiger partial charge in [-0.2, -0.15) is 13.0 Å². The molecule has 0 atom stereocenters. The first-order chi connectivity index (χ1) is 9.27. The number of rotatable bonds is 5. The molecular formula is C15H20NO3S+. The van der Waals surface area contributed by atoms with Crippen LogP contribution in [0.15, 0.2) is 36.9 Å². The number of hydrogen-bond donors (Lipinski definition) is 1. The van der Waals surface area contributed by atoms with E-state index in [1.54, 1.807) is 0 Å². The van der Waals surface area contributed by atoms with Gasteiger partial charge >= 0.3 is 0 Å². The Hall–Kier alpha value is -1.46. The number of benzene rings is 1. The molecule has 4 nitrogen and oxygen atoms in total. The molecule has 1 aromatic carbocycles. The van der Waals surface area contributed by atoms with Gasteiger partial charge in [-0.3, -0.25) is 4.55 Å². The van der Waals surface area contributed by atoms with E-state index in [-0.39, 0.29) is 11.2 Å². The van der Waals surface area contributed by atoms with Crippen LogP contribution < -0.4 is 0 Å². The lowest BCUT2D eigenvalue weighted by atomic mass is 9.82. The molecule has 1 heterocycles. The molecule has 0 fully saturated rings. The summed E-state index contributed by atoms with van der Waals surface area (Å²) in [6.07, 6.45) is 2.20. The average Bonchev–Trinajstić information content (AvgIpc) is 2.57. The molecule has 0 amide bonds. The normalized spacial score (nSPS) is 17.1. The lowest BCUT2D eigenvalue weighted by Crippen LogP contribution is -2.28. The zero-order valence-electron chi connectivity index (χ0n) is 11.8. The van der Waals surface area contributed by atoms with Gasteiger partial charge in [-0.25, -0.2) is 0 Å². The van der Waals surface area contributed by atoms with Crippen molar-refractivity contribution in [1.29, 1.82) is 0 Å². The number of allylic oxidation sites excluding steroid dienone is 1. The van der Waals surface area contributed by atoms with Gasteiger partial charge in [0, 0.05) is 18.1 Å². The summed E-state index contributed by atoms with van der Waals surface area (Å²) in [7, 11) is -3.91. The van der Waals surface area contributed by atoms with Crippen LogP contribution in [-0.2, 0) is 15.5 Å². The van der Waals surface area contributed by atoms with Crippen molar-refractivity contribution < 1.29 is 17.5 Å². The molecule has 5 heteroatoms. The molecule has 0 aliphatic carbocycles. The molecule has 20 heavy (non-hydrogen) atoms. The Morgan fingerprint density at radius 2 is 2.00 bits per heavy atom. The smallest absolute Gasteiger partial charge is 0.265 e. The van der Waals surface area contributed by atoms with E-state index in [0.29, 0.717) is 13.0 Å². The van der Waals surface area contributed by atoms with E-state index in [2.05, 4.69) is 31.1 Å². The quantitative estimate of drug-likeness (QED) is 0.670. The summed E-state index contributed by atoms with van der Waals surface area (Å²) in [4.78, 5) is 0. The van der Waals surface area contributed by atoms with Crippen LogP contribution in [-0.4, -0.2) is 35.6 Å². The molecule has 0 radical (unpaired) electrons. The predicted molar refractivity (Wildman–Crippen MR) is 80.5 cm³/mol. The van der Waals surface area contributed by atoms with E-state index in [0.717, 1.165) is 11.4 Å². The lowest BCUT2D eigenvalue weighted by molar-refractivity contribution is -0.437. The van der Waals surface area contributed by atoms with Crippen molar-refractivity contribution in [3.05, 3.63) is 42.5 Å². The van der Waals surface area contributed by atoms with Crippen LogP contribution >= 0.6 is 0 Å². The van der Waals surface area contributed by atoms with Gasteiger partial charge in [0.15, 0.2) is 5.71 Å². The van der Waals surface area contributed by atoms with Crippen LogP contribution in [0.5, 0.6) is 0 Å². The van der Waals surface area contributed by atoms with E-state index < -0.39 is 10.1 Å². The predicted octanol–water partition coefficient (Wildman–Crippen LogP) is 2.53. The van der Waals surface area contributed by atoms with Gasteiger partial charge in [0.2, 0.25) is 5.69 Å². The van der Waals surface area contributed by atoms with Gasteiger partial charge in [0.05, 0.1) is 11.2 Å². The third kappa shape index (κ3) is 2.69. The highest BCUT2D eigenvalue weighted by Crippen LogP contribution is 2.39. The summed E-state index contributed by atoms with van der Waals surface area (Å²) in [5, 5.41) is 0. The fraction of sp³-hybridized carbons (Fsp3) is 0.400. The van der Waals surface area contributed by atoms with E-state index in [1.807, 2.05) is 24.3 Å². The first-order valence-electron chi connectivity index (χ1n) is 6.59. The maximum Gasteiger partial charge on any atom is 0.265 e. The monoisotopic (exact) mass is 294 g/mol. The van der Waals surface area contributed by atoms with Crippen LogP contribution in [0.4, 0.5) is 5.69 Å². The number of nitrogens with zero attached hydrogens (tertiary/aromatic N) is 1. The molecule has 1 aromatic rings. The highest BCUT2D eigenvalue weighted by molar-refractivity contribution is 7.85. The van der Waals surface area contributed by atoms with Gasteiger partial charge in [0.25, 0.3) is 10.1 Å². The fourth-order valence-electron chi connectivity index (χ4n) is 2.85. The molecule has 0 bridgehead atoms. The van der Waals surface area contributed by atoms with Gasteiger partial charge < -0.3 is 0 Å². The van der Waals surface area contributed by atoms with Crippen molar-refractivity contribution in [2.75, 3.05) is 12.3 Å². The minimum Gasteiger partial charge on any atom is -0.286 e. The highest BCUT2D eigenvalue weighted by Gasteiger charge is 2.43. The van der Waals surface area contributed by atoms with E-state index in [1.165, 1.54) is 5.56 Å². The molecule has 0 unspecified atom stereocenters. The topological polar surface area (TPSA) is 57.4 Å². The Morgan fingerprint density at radius 3 is 2.60 bits per heavy atom. The van der Waals surface area contributed by atoms with Crippen molar-refractivity contribution in [2.45, 2.75) is 25.7 Å². The van der Waals surface area contributed by atoms with Gasteiger partial charge in [-0.05, 0) is 19.9 Å². The van der Waals surface area contributed by atoms with Crippen LogP contribution in [0.25, 0.3) is 0 Å². The van der Waals surface area contributed by atoms with E-state index in [4.69, 9.17) is 4.55 Å². The van der Waals surface area contributed by atoms with Crippen LogP contribution in [0.2, 0.25) is 0 Å². The second kappa shape index (κ2) is 5.14. The molecular weight excluding hydrogens is 274 g/mol. The van der Waals surface area contributed by atoms with Crippen molar-refractivity contribution in [3.63, 3.8) is 0 Å². The third-order valence-corrected chi connectivity index (χ3v) is 4.58. The molecule has 1 aliphatic heterocycles. The fourth-order valence-corrected chi connectivity index (χ4v) is 3.35. The second-order valence-corrected chi connectivity index (χ2v) is 7.09. The maximum atomic E-state index is 10.8. The first-order valence-corrected chi connectivity index (χ1v) is 8.20. The zero-order valence-corrected chi connectivity index (χ0v) is 12.7. The van der Waals surface area contributed by atoms with Crippen molar-refractivity contribution in [1.82, 2.24) is 0 Å². The van der Waals surface area contributed by atoms with Gasteiger partial charge in [0.1, 0.15) is 6.54 Å². The van der Waals surface area contributed by atoms with Crippen LogP contribution in [0.1, 0.15) is 25.8 Å². The van der Waals surface area contributed by atoms with Crippen molar-refractivity contribution >= 4 is 21.5 Å². The van der Waals surface area contributed by atoms with Crippen LogP contribution in [0.3, 0.4) is 0 Å². The summed E-state index contributed by atoms with van der Waals surface area (Å²) in [6.45, 7) is 8.69. The number of hydrogen-bond acceptors (Lipinski definition) is 2. The maximum absolute atomic E-state index is 10.8. The lowest BCUT2D eigenvalue weighted by Gasteiger charge is -2.14. The molecule has 108 valence electrons. The number of para-hydroxylation sites is 1. The molecule has 0 aromatic heterocycles. The van der Waals surface area contributed by atoms with Crippen molar-refractivity contribution in [3.8, 4) is 0 Å². The average molecular weight is 294 g/mol. The largest absolute Gasteiger partial charge is 0.286 e. The molecule has 2 rings (SSSR count). The van der Waals surface area contributed by atoms with Crippen molar-refractivity contribution in [2.24, 2.45) is 0 Å². The van der Waals surface area contributed by atoms with E-state index >= 15 is 0 Å². The van der Waals surface area contributed by atoms with Gasteiger partial charge in [-0.1, -0.05) is 24.8 Å². The minimum atomic E-state index is -3.91. The summed E-state index contributed by atoms with van der Waals surface area (Å²) in [6, 6.07) is 8.09. The Kier molecular flexibility index (Phi) is 3.84. The molecule has 1 N–H and O–H groups in total. The Bertz CT molecular complexity index is 672. The van der Waals surface area contributed by atoms with Gasteiger partial charge in [-0.15, -0.1) is 0 Å². The minimum absolute atomic E-state index is 0.142. The van der Waals surface area contributed by atoms with Crippen LogP contribution in [0, 0.1) is 0 Å². The summed E-state index contributed by atoms with van der Waals surface area (Å²) in [5.74, 6) is -0.226. The summed E-state index contributed by atoms with van der Waals surface area (Å²) in [5.41, 5.74) is 3.22. The molecule has 0 spiro atoms. The second-order valence-electron chi connectivity index (χ2n) is 5.52. The Morgan fingerprint density at radius 1 is 1.35 bits per heavy atom. The zero-order chi connectivity index (χ0) is 15.0. The summed E-state index contributed by atoms with van der Waals surface area (Å²) < 4.78 is 32.6. The molecule has 0 saturated carbocycles. The van der Waals surface area contributed by atoms with E-state index in [9.17, 15) is 8.42 Å². The standard InChI is InChI=1S/C15H19NO3S/c1-4-14-15(2,3)12-8-5-6-9-13(12)16(14)10-7-11-20(17,18)19/h4-6,8-9H,1,7,10-11H2,2-3H3/p+1. The Balaban J connectivity index is 2.36. The molecule has 1 aliphatic rings. The molecule has 0 saturated heterocycles. The first kappa shape index (κ1) is 14.9. The SMILES string of the molecule is C=CC1=[N+](CCCS(=O)(=O)O)c2ccccc2C1(C)C. The third-order valence-electron chi connectivity index (χ3n) is 3.78. The summed E-state index contributed by atoms with van der Waals surface area (Å²) >= 11 is 0. The number of fused-ring (bicyclic) bond motifs is 1. The highest BCUT2D eigenvalue weighted by atomic mass is 32.2.